The first-order chi connectivity index (χ1) is 11.3. The predicted octanol–water partition coefficient (Wildman–Crippen LogP) is 3.81. The number of H-pyrrole nitrogens is 1. The summed E-state index contributed by atoms with van der Waals surface area (Å²) in [6.07, 6.45) is 9.84. The zero-order valence-corrected chi connectivity index (χ0v) is 14.0. The van der Waals surface area contributed by atoms with Gasteiger partial charge in [-0.25, -0.2) is 0 Å². The van der Waals surface area contributed by atoms with E-state index in [9.17, 15) is 4.79 Å². The maximum absolute atomic E-state index is 12.1. The predicted molar refractivity (Wildman–Crippen MR) is 91.9 cm³/mol. The van der Waals surface area contributed by atoms with Crippen molar-refractivity contribution >= 4 is 17.5 Å². The van der Waals surface area contributed by atoms with Gasteiger partial charge in [0, 0.05) is 18.7 Å². The quantitative estimate of drug-likeness (QED) is 0.476. The van der Waals surface area contributed by atoms with E-state index in [1.54, 1.807) is 12.3 Å². The number of hydrogen-bond acceptors (Lipinski definition) is 4. The number of nitrogens with one attached hydrogen (secondary N) is 1. The SMILES string of the molecule is C=CCn1c(SCC(=O)c2ccc[nH]2)nnc1C1CCCCC1. The number of nitrogens with zero attached hydrogens (tertiary/aromatic N) is 3. The molecular weight excluding hydrogens is 308 g/mol. The highest BCUT2D eigenvalue weighted by atomic mass is 32.2. The normalized spacial score (nSPS) is 15.7. The van der Waals surface area contributed by atoms with E-state index >= 15 is 0 Å². The summed E-state index contributed by atoms with van der Waals surface area (Å²) in [6, 6.07) is 3.63. The Morgan fingerprint density at radius 3 is 2.91 bits per heavy atom. The van der Waals surface area contributed by atoms with Gasteiger partial charge >= 0.3 is 0 Å². The molecule has 1 aliphatic carbocycles. The molecule has 0 amide bonds. The molecule has 0 aliphatic heterocycles. The molecule has 122 valence electrons. The van der Waals surface area contributed by atoms with E-state index in [-0.39, 0.29) is 5.78 Å². The van der Waals surface area contributed by atoms with Crippen LogP contribution in [0.3, 0.4) is 0 Å². The number of carbonyl (C=O) groups is 1. The summed E-state index contributed by atoms with van der Waals surface area (Å²) in [5.41, 5.74) is 0.639. The first kappa shape index (κ1) is 16.1. The highest BCUT2D eigenvalue weighted by Crippen LogP contribution is 2.33. The molecule has 0 saturated heterocycles. The Hall–Kier alpha value is -1.82. The van der Waals surface area contributed by atoms with E-state index in [2.05, 4.69) is 26.3 Å². The molecule has 2 heterocycles. The van der Waals surface area contributed by atoms with Crippen molar-refractivity contribution in [2.45, 2.75) is 49.7 Å². The average Bonchev–Trinajstić information content (AvgIpc) is 3.24. The van der Waals surface area contributed by atoms with E-state index in [0.717, 1.165) is 11.0 Å². The van der Waals surface area contributed by atoms with Crippen LogP contribution in [0.2, 0.25) is 0 Å². The monoisotopic (exact) mass is 330 g/mol. The van der Waals surface area contributed by atoms with Crippen LogP contribution in [0.4, 0.5) is 0 Å². The second kappa shape index (κ2) is 7.64. The Kier molecular flexibility index (Phi) is 5.33. The lowest BCUT2D eigenvalue weighted by Gasteiger charge is -2.21. The van der Waals surface area contributed by atoms with Crippen molar-refractivity contribution in [2.24, 2.45) is 0 Å². The third-order valence-electron chi connectivity index (χ3n) is 4.26. The molecule has 6 heteroatoms. The Morgan fingerprint density at radius 2 is 2.22 bits per heavy atom. The number of carbonyl (C=O) groups excluding carboxylic acids is 1. The molecule has 1 aliphatic rings. The molecule has 0 aromatic carbocycles. The summed E-state index contributed by atoms with van der Waals surface area (Å²) in [5, 5.41) is 9.56. The van der Waals surface area contributed by atoms with Crippen molar-refractivity contribution in [3.05, 3.63) is 42.5 Å². The molecule has 3 rings (SSSR count). The molecule has 23 heavy (non-hydrogen) atoms. The van der Waals surface area contributed by atoms with Gasteiger partial charge in [-0.3, -0.25) is 4.79 Å². The van der Waals surface area contributed by atoms with E-state index in [4.69, 9.17) is 0 Å². The van der Waals surface area contributed by atoms with Crippen LogP contribution < -0.4 is 0 Å². The van der Waals surface area contributed by atoms with Crippen molar-refractivity contribution < 1.29 is 4.79 Å². The Labute approximate surface area is 140 Å². The van der Waals surface area contributed by atoms with Gasteiger partial charge in [-0.15, -0.1) is 16.8 Å². The van der Waals surface area contributed by atoms with Crippen molar-refractivity contribution in [1.29, 1.82) is 0 Å². The van der Waals surface area contributed by atoms with Gasteiger partial charge < -0.3 is 9.55 Å². The van der Waals surface area contributed by atoms with Crippen molar-refractivity contribution in [1.82, 2.24) is 19.7 Å². The fourth-order valence-electron chi connectivity index (χ4n) is 3.08. The van der Waals surface area contributed by atoms with Crippen LogP contribution in [-0.4, -0.2) is 31.3 Å². The molecule has 1 fully saturated rings. The van der Waals surface area contributed by atoms with Gasteiger partial charge in [-0.05, 0) is 25.0 Å². The zero-order chi connectivity index (χ0) is 16.1. The highest BCUT2D eigenvalue weighted by molar-refractivity contribution is 7.99. The lowest BCUT2D eigenvalue weighted by Crippen LogP contribution is -2.13. The van der Waals surface area contributed by atoms with Crippen LogP contribution in [0.25, 0.3) is 0 Å². The summed E-state index contributed by atoms with van der Waals surface area (Å²) >= 11 is 1.45. The van der Waals surface area contributed by atoms with E-state index < -0.39 is 0 Å². The van der Waals surface area contributed by atoms with Crippen LogP contribution in [0.5, 0.6) is 0 Å². The lowest BCUT2D eigenvalue weighted by molar-refractivity contribution is 0.101. The molecule has 1 saturated carbocycles. The molecule has 0 bridgehead atoms. The summed E-state index contributed by atoms with van der Waals surface area (Å²) in [6.45, 7) is 4.53. The Morgan fingerprint density at radius 1 is 1.39 bits per heavy atom. The topological polar surface area (TPSA) is 63.6 Å². The van der Waals surface area contributed by atoms with Crippen LogP contribution in [0, 0.1) is 0 Å². The molecule has 0 spiro atoms. The summed E-state index contributed by atoms with van der Waals surface area (Å²) < 4.78 is 2.12. The second-order valence-corrected chi connectivity index (χ2v) is 6.81. The van der Waals surface area contributed by atoms with E-state index in [1.165, 1.54) is 43.9 Å². The second-order valence-electron chi connectivity index (χ2n) is 5.87. The average molecular weight is 330 g/mol. The summed E-state index contributed by atoms with van der Waals surface area (Å²) in [5.74, 6) is 1.98. The molecule has 0 radical (unpaired) electrons. The van der Waals surface area contributed by atoms with Crippen molar-refractivity contribution in [3.63, 3.8) is 0 Å². The number of Topliss-reactive ketones (excluding diaryl/α,β-unsaturated/α-hetero) is 1. The van der Waals surface area contributed by atoms with E-state index in [0.29, 0.717) is 23.9 Å². The molecule has 5 nitrogen and oxygen atoms in total. The van der Waals surface area contributed by atoms with Crippen molar-refractivity contribution in [3.8, 4) is 0 Å². The maximum atomic E-state index is 12.1. The largest absolute Gasteiger partial charge is 0.359 e. The van der Waals surface area contributed by atoms with Gasteiger partial charge in [-0.1, -0.05) is 37.1 Å². The number of aromatic amines is 1. The van der Waals surface area contributed by atoms with Crippen molar-refractivity contribution in [2.75, 3.05) is 5.75 Å². The van der Waals surface area contributed by atoms with Crippen LogP contribution >= 0.6 is 11.8 Å². The van der Waals surface area contributed by atoms with Gasteiger partial charge in [-0.2, -0.15) is 0 Å². The standard InChI is InChI=1S/C17H22N4OS/c1-2-11-21-16(13-7-4-3-5-8-13)19-20-17(21)23-12-15(22)14-9-6-10-18-14/h2,6,9-10,13,18H,1,3-5,7-8,11-12H2. The molecule has 2 aromatic rings. The molecule has 2 aromatic heterocycles. The third kappa shape index (κ3) is 3.75. The minimum Gasteiger partial charge on any atom is -0.359 e. The lowest BCUT2D eigenvalue weighted by atomic mass is 9.89. The van der Waals surface area contributed by atoms with Gasteiger partial charge in [0.15, 0.2) is 10.9 Å². The van der Waals surface area contributed by atoms with Crippen LogP contribution in [-0.2, 0) is 6.54 Å². The molecule has 0 unspecified atom stereocenters. The number of rotatable bonds is 7. The number of ketones is 1. The van der Waals surface area contributed by atoms with E-state index in [1.807, 2.05) is 12.1 Å². The van der Waals surface area contributed by atoms with Gasteiger partial charge in [0.1, 0.15) is 5.82 Å². The van der Waals surface area contributed by atoms with Gasteiger partial charge in [0.2, 0.25) is 0 Å². The van der Waals surface area contributed by atoms with Gasteiger partial charge in [0.05, 0.1) is 11.4 Å². The van der Waals surface area contributed by atoms with Crippen LogP contribution in [0.15, 0.2) is 36.1 Å². The molecule has 1 N–H and O–H groups in total. The summed E-state index contributed by atoms with van der Waals surface area (Å²) in [7, 11) is 0. The Bertz CT molecular complexity index is 656. The van der Waals surface area contributed by atoms with Gasteiger partial charge in [0.25, 0.3) is 0 Å². The molecular formula is C17H22N4OS. The first-order valence-corrected chi connectivity index (χ1v) is 9.11. The Balaban J connectivity index is 1.72. The van der Waals surface area contributed by atoms with Crippen LogP contribution in [0.1, 0.15) is 54.3 Å². The minimum absolute atomic E-state index is 0.0763. The number of aromatic nitrogens is 4. The third-order valence-corrected chi connectivity index (χ3v) is 5.22. The fourth-order valence-corrected chi connectivity index (χ4v) is 3.92. The molecule has 0 atom stereocenters. The number of hydrogen-bond donors (Lipinski definition) is 1. The summed E-state index contributed by atoms with van der Waals surface area (Å²) in [4.78, 5) is 15.1. The smallest absolute Gasteiger partial charge is 0.191 e. The first-order valence-electron chi connectivity index (χ1n) is 8.13. The minimum atomic E-state index is 0.0763. The highest BCUT2D eigenvalue weighted by Gasteiger charge is 2.23. The zero-order valence-electron chi connectivity index (χ0n) is 13.2. The number of allylic oxidation sites excluding steroid dienone is 1. The maximum Gasteiger partial charge on any atom is 0.191 e. The fraction of sp³-hybridized carbons (Fsp3) is 0.471. The number of thioether (sulfide) groups is 1.